The zero-order valence-electron chi connectivity index (χ0n) is 9.96. The number of hydrogen-bond acceptors (Lipinski definition) is 4. The predicted octanol–water partition coefficient (Wildman–Crippen LogP) is 1.41. The second-order valence-corrected chi connectivity index (χ2v) is 4.68. The minimum Gasteiger partial charge on any atom is -0.478 e. The highest BCUT2D eigenvalue weighted by Crippen LogP contribution is 2.27. The molecule has 1 heterocycles. The number of aromatic nitrogens is 2. The quantitative estimate of drug-likeness (QED) is 0.835. The number of aromatic carboxylic acids is 1. The first-order chi connectivity index (χ1) is 8.16. The van der Waals surface area contributed by atoms with Gasteiger partial charge in [0, 0.05) is 19.3 Å². The molecule has 2 rings (SSSR count). The molecule has 92 valence electrons. The Morgan fingerprint density at radius 2 is 2.35 bits per heavy atom. The van der Waals surface area contributed by atoms with Crippen molar-refractivity contribution in [1.82, 2.24) is 14.9 Å². The summed E-state index contributed by atoms with van der Waals surface area (Å²) in [6.45, 7) is 1.59. The molecule has 1 fully saturated rings. The highest BCUT2D eigenvalue weighted by Gasteiger charge is 2.20. The van der Waals surface area contributed by atoms with Crippen molar-refractivity contribution < 1.29 is 9.90 Å². The van der Waals surface area contributed by atoms with Gasteiger partial charge in [0.15, 0.2) is 0 Å². The van der Waals surface area contributed by atoms with Gasteiger partial charge in [0.1, 0.15) is 11.9 Å². The van der Waals surface area contributed by atoms with Crippen LogP contribution in [0.3, 0.4) is 0 Å². The van der Waals surface area contributed by atoms with E-state index in [1.807, 2.05) is 7.05 Å². The van der Waals surface area contributed by atoms with Crippen LogP contribution < -0.4 is 0 Å². The third-order valence-corrected chi connectivity index (χ3v) is 3.24. The van der Waals surface area contributed by atoms with Crippen LogP contribution in [0.2, 0.25) is 0 Å². The number of carboxylic acid groups (broad SMARTS) is 1. The molecule has 0 atom stereocenters. The van der Waals surface area contributed by atoms with Crippen LogP contribution in [0.5, 0.6) is 0 Å². The van der Waals surface area contributed by atoms with Crippen molar-refractivity contribution in [3.8, 4) is 0 Å². The topological polar surface area (TPSA) is 66.3 Å². The second-order valence-electron chi connectivity index (χ2n) is 4.68. The van der Waals surface area contributed by atoms with Gasteiger partial charge < -0.3 is 10.0 Å². The maximum Gasteiger partial charge on any atom is 0.339 e. The van der Waals surface area contributed by atoms with Crippen molar-refractivity contribution in [2.24, 2.45) is 5.92 Å². The van der Waals surface area contributed by atoms with Gasteiger partial charge in [0.25, 0.3) is 0 Å². The molecular weight excluding hydrogens is 218 g/mol. The third-order valence-electron chi connectivity index (χ3n) is 3.24. The van der Waals surface area contributed by atoms with Crippen molar-refractivity contribution in [3.05, 3.63) is 23.8 Å². The van der Waals surface area contributed by atoms with E-state index in [1.165, 1.54) is 31.8 Å². The van der Waals surface area contributed by atoms with Gasteiger partial charge in [0.2, 0.25) is 0 Å². The molecule has 0 saturated heterocycles. The molecule has 1 aliphatic carbocycles. The molecule has 1 N–H and O–H groups in total. The van der Waals surface area contributed by atoms with Crippen LogP contribution in [0.1, 0.15) is 35.3 Å². The summed E-state index contributed by atoms with van der Waals surface area (Å²) in [5.74, 6) is -0.187. The highest BCUT2D eigenvalue weighted by molar-refractivity contribution is 5.88. The maximum absolute atomic E-state index is 11.0. The molecule has 5 heteroatoms. The average Bonchev–Trinajstić information content (AvgIpc) is 2.24. The van der Waals surface area contributed by atoms with Gasteiger partial charge in [-0.3, -0.25) is 0 Å². The summed E-state index contributed by atoms with van der Waals surface area (Å²) < 4.78 is 0. The van der Waals surface area contributed by atoms with Gasteiger partial charge >= 0.3 is 5.97 Å². The molecule has 0 amide bonds. The van der Waals surface area contributed by atoms with Crippen LogP contribution in [-0.4, -0.2) is 39.5 Å². The Hall–Kier alpha value is -1.49. The summed E-state index contributed by atoms with van der Waals surface area (Å²) in [5, 5.41) is 9.02. The summed E-state index contributed by atoms with van der Waals surface area (Å²) >= 11 is 0. The standard InChI is InChI=1S/C12H17N3O2/c1-15(6-9-3-2-4-9)7-11-10(12(16)17)5-13-8-14-11/h5,8-9H,2-4,6-7H2,1H3,(H,16,17). The molecule has 1 aromatic rings. The lowest BCUT2D eigenvalue weighted by Crippen LogP contribution is -2.30. The van der Waals surface area contributed by atoms with E-state index in [1.54, 1.807) is 0 Å². The van der Waals surface area contributed by atoms with Crippen LogP contribution in [-0.2, 0) is 6.54 Å². The third kappa shape index (κ3) is 3.00. The maximum atomic E-state index is 11.0. The Kier molecular flexibility index (Phi) is 3.68. The van der Waals surface area contributed by atoms with Crippen molar-refractivity contribution in [1.29, 1.82) is 0 Å². The van der Waals surface area contributed by atoms with E-state index >= 15 is 0 Å². The van der Waals surface area contributed by atoms with Crippen molar-refractivity contribution in [2.45, 2.75) is 25.8 Å². The van der Waals surface area contributed by atoms with Gasteiger partial charge in [-0.25, -0.2) is 14.8 Å². The Morgan fingerprint density at radius 1 is 1.59 bits per heavy atom. The summed E-state index contributed by atoms with van der Waals surface area (Å²) in [4.78, 5) is 20.9. The van der Waals surface area contributed by atoms with Crippen LogP contribution in [0.25, 0.3) is 0 Å². The molecule has 0 radical (unpaired) electrons. The molecule has 0 unspecified atom stereocenters. The number of nitrogens with zero attached hydrogens (tertiary/aromatic N) is 3. The predicted molar refractivity (Wildman–Crippen MR) is 62.7 cm³/mol. The first-order valence-electron chi connectivity index (χ1n) is 5.87. The van der Waals surface area contributed by atoms with Gasteiger partial charge in [-0.2, -0.15) is 0 Å². The minimum absolute atomic E-state index is 0.202. The molecule has 5 nitrogen and oxygen atoms in total. The SMILES string of the molecule is CN(Cc1ncncc1C(=O)O)CC1CCC1. The van der Waals surface area contributed by atoms with Crippen LogP contribution in [0.4, 0.5) is 0 Å². The molecule has 1 saturated carbocycles. The number of carbonyl (C=O) groups is 1. The zero-order valence-corrected chi connectivity index (χ0v) is 9.96. The van der Waals surface area contributed by atoms with Crippen molar-refractivity contribution >= 4 is 5.97 Å². The van der Waals surface area contributed by atoms with Gasteiger partial charge in [-0.05, 0) is 25.8 Å². The Bertz CT molecular complexity index is 404. The van der Waals surface area contributed by atoms with E-state index in [-0.39, 0.29) is 5.56 Å². The first-order valence-corrected chi connectivity index (χ1v) is 5.87. The fourth-order valence-corrected chi connectivity index (χ4v) is 2.10. The average molecular weight is 235 g/mol. The van der Waals surface area contributed by atoms with Gasteiger partial charge in [-0.1, -0.05) is 6.42 Å². The molecule has 0 bridgehead atoms. The Morgan fingerprint density at radius 3 is 2.94 bits per heavy atom. The van der Waals surface area contributed by atoms with E-state index in [0.29, 0.717) is 12.2 Å². The lowest BCUT2D eigenvalue weighted by molar-refractivity contribution is 0.0693. The summed E-state index contributed by atoms with van der Waals surface area (Å²) in [7, 11) is 2.01. The van der Waals surface area contributed by atoms with E-state index in [2.05, 4.69) is 14.9 Å². The van der Waals surface area contributed by atoms with Crippen LogP contribution in [0, 0.1) is 5.92 Å². The van der Waals surface area contributed by atoms with Crippen molar-refractivity contribution in [2.75, 3.05) is 13.6 Å². The lowest BCUT2D eigenvalue weighted by Gasteiger charge is -2.30. The monoisotopic (exact) mass is 235 g/mol. The van der Waals surface area contributed by atoms with Gasteiger partial charge in [-0.15, -0.1) is 0 Å². The van der Waals surface area contributed by atoms with Gasteiger partial charge in [0.05, 0.1) is 5.69 Å². The number of hydrogen-bond donors (Lipinski definition) is 1. The largest absolute Gasteiger partial charge is 0.478 e. The minimum atomic E-state index is -0.961. The molecule has 1 aliphatic rings. The highest BCUT2D eigenvalue weighted by atomic mass is 16.4. The van der Waals surface area contributed by atoms with E-state index in [4.69, 9.17) is 5.11 Å². The first kappa shape index (κ1) is 12.0. The molecule has 0 aromatic carbocycles. The molecule has 0 aliphatic heterocycles. The normalized spacial score (nSPS) is 15.9. The van der Waals surface area contributed by atoms with E-state index in [0.717, 1.165) is 12.5 Å². The van der Waals surface area contributed by atoms with E-state index in [9.17, 15) is 4.79 Å². The second kappa shape index (κ2) is 5.23. The Labute approximate surface area is 100 Å². The fraction of sp³-hybridized carbons (Fsp3) is 0.583. The molecule has 17 heavy (non-hydrogen) atoms. The fourth-order valence-electron chi connectivity index (χ4n) is 2.10. The smallest absolute Gasteiger partial charge is 0.339 e. The number of rotatable bonds is 5. The van der Waals surface area contributed by atoms with E-state index < -0.39 is 5.97 Å². The number of carboxylic acids is 1. The summed E-state index contributed by atoms with van der Waals surface area (Å²) in [6, 6.07) is 0. The zero-order chi connectivity index (χ0) is 12.3. The molecular formula is C12H17N3O2. The lowest BCUT2D eigenvalue weighted by atomic mass is 9.85. The van der Waals surface area contributed by atoms with Crippen LogP contribution in [0.15, 0.2) is 12.5 Å². The van der Waals surface area contributed by atoms with Crippen LogP contribution >= 0.6 is 0 Å². The summed E-state index contributed by atoms with van der Waals surface area (Å²) in [5.41, 5.74) is 0.794. The van der Waals surface area contributed by atoms with Crippen molar-refractivity contribution in [3.63, 3.8) is 0 Å². The Balaban J connectivity index is 1.99. The summed E-state index contributed by atoms with van der Waals surface area (Å²) in [6.07, 6.45) is 6.67. The molecule has 1 aromatic heterocycles. The molecule has 0 spiro atoms.